The maximum absolute atomic E-state index is 12.5. The molecule has 0 spiro atoms. The summed E-state index contributed by atoms with van der Waals surface area (Å²) in [6.45, 7) is 4.51. The van der Waals surface area contributed by atoms with Crippen LogP contribution in [0.2, 0.25) is 0 Å². The standard InChI is InChI=1S/C24H41N3O5S/c1-6-18-9-7-8-10-21(18)19-11-13-20(14-12-19)32-16-23-22(25-33(29,30)26(3)4)15-17(2)27(23)24(28)31-5/h7-10,17,19-20,22-25,28H,6,11-16H2,1-5H3/t17-,19?,20?,22+,23+,24?/m1/s1. The van der Waals surface area contributed by atoms with Gasteiger partial charge in [0.25, 0.3) is 10.2 Å². The van der Waals surface area contributed by atoms with Crippen molar-refractivity contribution < 1.29 is 23.0 Å². The highest BCUT2D eigenvalue weighted by molar-refractivity contribution is 7.87. The van der Waals surface area contributed by atoms with Gasteiger partial charge in [-0.1, -0.05) is 31.2 Å². The second-order valence-electron chi connectivity index (χ2n) is 9.53. The molecule has 33 heavy (non-hydrogen) atoms. The van der Waals surface area contributed by atoms with Gasteiger partial charge in [0.15, 0.2) is 0 Å². The molecule has 3 rings (SSSR count). The number of aliphatic hydroxyl groups is 1. The van der Waals surface area contributed by atoms with Crippen molar-refractivity contribution in [2.75, 3.05) is 27.8 Å². The van der Waals surface area contributed by atoms with Crippen molar-refractivity contribution in [2.45, 2.75) is 88.9 Å². The van der Waals surface area contributed by atoms with Crippen molar-refractivity contribution in [3.8, 4) is 0 Å². The fourth-order valence-electron chi connectivity index (χ4n) is 5.34. The van der Waals surface area contributed by atoms with Crippen LogP contribution in [0.25, 0.3) is 0 Å². The molecular formula is C24H41N3O5S. The first-order chi connectivity index (χ1) is 15.7. The normalized spacial score (nSPS) is 30.1. The fraction of sp³-hybridized carbons (Fsp3) is 0.750. The second-order valence-corrected chi connectivity index (χ2v) is 11.4. The number of nitrogens with zero attached hydrogens (tertiary/aromatic N) is 2. The average molecular weight is 484 g/mol. The number of nitrogens with one attached hydrogen (secondary N) is 1. The van der Waals surface area contributed by atoms with Crippen LogP contribution >= 0.6 is 0 Å². The lowest BCUT2D eigenvalue weighted by Gasteiger charge is -2.35. The van der Waals surface area contributed by atoms with Crippen molar-refractivity contribution in [1.29, 1.82) is 0 Å². The molecule has 1 saturated heterocycles. The molecule has 1 heterocycles. The molecule has 2 N–H and O–H groups in total. The highest BCUT2D eigenvalue weighted by Crippen LogP contribution is 2.36. The minimum absolute atomic E-state index is 0.0512. The first kappa shape index (κ1) is 26.5. The maximum atomic E-state index is 12.5. The minimum atomic E-state index is -3.60. The van der Waals surface area contributed by atoms with Crippen LogP contribution in [-0.4, -0.2) is 81.2 Å². The molecule has 8 nitrogen and oxygen atoms in total. The summed E-state index contributed by atoms with van der Waals surface area (Å²) in [6, 6.07) is 7.99. The molecule has 1 aliphatic carbocycles. The number of rotatable bonds is 10. The number of hydrogen-bond acceptors (Lipinski definition) is 6. The molecule has 1 saturated carbocycles. The number of likely N-dealkylation sites (tertiary alicyclic amines) is 1. The number of aryl methyl sites for hydroxylation is 1. The van der Waals surface area contributed by atoms with E-state index in [1.54, 1.807) is 0 Å². The summed E-state index contributed by atoms with van der Waals surface area (Å²) in [5.41, 5.74) is 2.90. The zero-order chi connectivity index (χ0) is 24.2. The second kappa shape index (κ2) is 11.6. The molecule has 1 aliphatic heterocycles. The van der Waals surface area contributed by atoms with Crippen LogP contribution in [0, 0.1) is 0 Å². The lowest BCUT2D eigenvalue weighted by Crippen LogP contribution is -2.53. The van der Waals surface area contributed by atoms with Gasteiger partial charge in [0.2, 0.25) is 6.41 Å². The predicted octanol–water partition coefficient (Wildman–Crippen LogP) is 2.44. The summed E-state index contributed by atoms with van der Waals surface area (Å²) < 4.78 is 40.4. The number of benzene rings is 1. The third-order valence-electron chi connectivity index (χ3n) is 7.25. The molecule has 2 fully saturated rings. The molecule has 2 aliphatic rings. The molecule has 1 unspecified atom stereocenters. The van der Waals surface area contributed by atoms with Crippen LogP contribution in [0.3, 0.4) is 0 Å². The lowest BCUT2D eigenvalue weighted by molar-refractivity contribution is -0.199. The Kier molecular flexibility index (Phi) is 9.31. The van der Waals surface area contributed by atoms with E-state index in [4.69, 9.17) is 9.47 Å². The summed E-state index contributed by atoms with van der Waals surface area (Å²) in [6.07, 6.45) is 4.78. The molecule has 1 aromatic rings. The number of aliphatic hydroxyl groups excluding tert-OH is 1. The third-order valence-corrected chi connectivity index (χ3v) is 8.81. The van der Waals surface area contributed by atoms with Crippen LogP contribution in [0.4, 0.5) is 0 Å². The van der Waals surface area contributed by atoms with E-state index in [0.29, 0.717) is 18.9 Å². The van der Waals surface area contributed by atoms with Crippen molar-refractivity contribution >= 4 is 10.2 Å². The van der Waals surface area contributed by atoms with Crippen molar-refractivity contribution in [1.82, 2.24) is 13.9 Å². The highest BCUT2D eigenvalue weighted by Gasteiger charge is 2.44. The van der Waals surface area contributed by atoms with Gasteiger partial charge in [-0.2, -0.15) is 17.4 Å². The largest absolute Gasteiger partial charge is 0.377 e. The SMILES string of the molecule is CCc1ccccc1C1CCC(OC[C@H]2[C@@H](NS(=O)(=O)N(C)C)C[C@@H](C)N2C(O)OC)CC1. The first-order valence-electron chi connectivity index (χ1n) is 12.0. The van der Waals surface area contributed by atoms with E-state index in [1.807, 2.05) is 11.8 Å². The first-order valence-corrected chi connectivity index (χ1v) is 13.5. The van der Waals surface area contributed by atoms with Gasteiger partial charge in [0, 0.05) is 33.3 Å². The Balaban J connectivity index is 1.63. The number of hydrogen-bond donors (Lipinski definition) is 2. The summed E-state index contributed by atoms with van der Waals surface area (Å²) in [5, 5.41) is 10.4. The van der Waals surface area contributed by atoms with Crippen molar-refractivity contribution in [3.05, 3.63) is 35.4 Å². The van der Waals surface area contributed by atoms with Crippen molar-refractivity contribution in [2.24, 2.45) is 0 Å². The molecule has 0 radical (unpaired) electrons. The van der Waals surface area contributed by atoms with Crippen LogP contribution in [0.15, 0.2) is 24.3 Å². The molecule has 0 aromatic heterocycles. The van der Waals surface area contributed by atoms with Crippen molar-refractivity contribution in [3.63, 3.8) is 0 Å². The zero-order valence-electron chi connectivity index (χ0n) is 20.6. The van der Waals surface area contributed by atoms with Gasteiger partial charge in [0.1, 0.15) is 0 Å². The Bertz CT molecular complexity index is 857. The predicted molar refractivity (Wildman–Crippen MR) is 129 cm³/mol. The Morgan fingerprint density at radius 3 is 2.48 bits per heavy atom. The molecular weight excluding hydrogens is 442 g/mol. The lowest BCUT2D eigenvalue weighted by atomic mass is 9.80. The molecule has 1 aromatic carbocycles. The quantitative estimate of drug-likeness (QED) is 0.497. The Morgan fingerprint density at radius 1 is 1.21 bits per heavy atom. The summed E-state index contributed by atoms with van der Waals surface area (Å²) in [4.78, 5) is 1.81. The summed E-state index contributed by atoms with van der Waals surface area (Å²) >= 11 is 0. The van der Waals surface area contributed by atoms with E-state index < -0.39 is 16.6 Å². The minimum Gasteiger partial charge on any atom is -0.377 e. The van der Waals surface area contributed by atoms with E-state index >= 15 is 0 Å². The van der Waals surface area contributed by atoms with E-state index in [2.05, 4.69) is 35.9 Å². The van der Waals surface area contributed by atoms with Gasteiger partial charge < -0.3 is 14.6 Å². The Hall–Kier alpha value is -1.07. The summed E-state index contributed by atoms with van der Waals surface area (Å²) in [7, 11) is 0.850. The maximum Gasteiger partial charge on any atom is 0.279 e. The van der Waals surface area contributed by atoms with Gasteiger partial charge in [-0.3, -0.25) is 0 Å². The molecule has 0 bridgehead atoms. The van der Waals surface area contributed by atoms with E-state index in [9.17, 15) is 13.5 Å². The zero-order valence-corrected chi connectivity index (χ0v) is 21.4. The topological polar surface area (TPSA) is 91.3 Å². The highest BCUT2D eigenvalue weighted by atomic mass is 32.2. The molecule has 4 atom stereocenters. The van der Waals surface area contributed by atoms with E-state index in [1.165, 1.54) is 36.6 Å². The van der Waals surface area contributed by atoms with Gasteiger partial charge >= 0.3 is 0 Å². The van der Waals surface area contributed by atoms with Gasteiger partial charge in [-0.25, -0.2) is 4.90 Å². The van der Waals surface area contributed by atoms with Crippen LogP contribution in [0.1, 0.15) is 63.0 Å². The van der Waals surface area contributed by atoms with Crippen LogP contribution < -0.4 is 4.72 Å². The van der Waals surface area contributed by atoms with Gasteiger partial charge in [0.05, 0.1) is 18.8 Å². The van der Waals surface area contributed by atoms with E-state index in [-0.39, 0.29) is 24.2 Å². The average Bonchev–Trinajstić information content (AvgIpc) is 3.11. The number of methoxy groups -OCH3 is 1. The Morgan fingerprint density at radius 2 is 1.88 bits per heavy atom. The van der Waals surface area contributed by atoms with Crippen LogP contribution in [0.5, 0.6) is 0 Å². The van der Waals surface area contributed by atoms with E-state index in [0.717, 1.165) is 32.1 Å². The number of ether oxygens (including phenoxy) is 2. The van der Waals surface area contributed by atoms with Crippen LogP contribution in [-0.2, 0) is 26.1 Å². The smallest absolute Gasteiger partial charge is 0.279 e. The molecule has 188 valence electrons. The molecule has 0 amide bonds. The molecule has 9 heteroatoms. The van der Waals surface area contributed by atoms with Gasteiger partial charge in [-0.05, 0) is 62.5 Å². The van der Waals surface area contributed by atoms with Gasteiger partial charge in [-0.15, -0.1) is 0 Å². The Labute approximate surface area is 199 Å². The summed E-state index contributed by atoms with van der Waals surface area (Å²) in [5.74, 6) is 0.568. The fourth-order valence-corrected chi connectivity index (χ4v) is 6.19. The monoisotopic (exact) mass is 483 g/mol. The third kappa shape index (κ3) is 6.33.